The quantitative estimate of drug-likeness (QED) is 0.880. The van der Waals surface area contributed by atoms with Crippen molar-refractivity contribution in [1.29, 1.82) is 0 Å². The molecule has 0 aliphatic heterocycles. The monoisotopic (exact) mass is 246 g/mol. The van der Waals surface area contributed by atoms with Gasteiger partial charge in [0.15, 0.2) is 0 Å². The Hall–Kier alpha value is -1.94. The van der Waals surface area contributed by atoms with Crippen molar-refractivity contribution < 1.29 is 9.13 Å². The lowest BCUT2D eigenvalue weighted by Crippen LogP contribution is -2.07. The van der Waals surface area contributed by atoms with Crippen LogP contribution in [-0.2, 0) is 13.0 Å². The van der Waals surface area contributed by atoms with Gasteiger partial charge >= 0.3 is 0 Å². The summed E-state index contributed by atoms with van der Waals surface area (Å²) in [5.74, 6) is 0.200. The summed E-state index contributed by atoms with van der Waals surface area (Å²) < 4.78 is 19.0. The summed E-state index contributed by atoms with van der Waals surface area (Å²) in [5.41, 5.74) is 7.06. The van der Waals surface area contributed by atoms with Crippen molar-refractivity contribution in [2.24, 2.45) is 5.73 Å². The van der Waals surface area contributed by atoms with E-state index in [2.05, 4.69) is 4.98 Å². The van der Waals surface area contributed by atoms with Crippen LogP contribution in [0.1, 0.15) is 11.1 Å². The van der Waals surface area contributed by atoms with Crippen molar-refractivity contribution in [3.63, 3.8) is 0 Å². The predicted octanol–water partition coefficient (Wildman–Crippen LogP) is 2.30. The van der Waals surface area contributed by atoms with Gasteiger partial charge in [-0.3, -0.25) is 4.98 Å². The maximum absolute atomic E-state index is 13.4. The van der Waals surface area contributed by atoms with Crippen molar-refractivity contribution >= 4 is 0 Å². The van der Waals surface area contributed by atoms with Crippen LogP contribution in [0, 0.1) is 5.82 Å². The summed E-state index contributed by atoms with van der Waals surface area (Å²) in [6.45, 7) is 0.623. The van der Waals surface area contributed by atoms with E-state index in [1.54, 1.807) is 24.5 Å². The van der Waals surface area contributed by atoms with Crippen LogP contribution in [-0.4, -0.2) is 11.6 Å². The van der Waals surface area contributed by atoms with E-state index in [9.17, 15) is 4.39 Å². The van der Waals surface area contributed by atoms with Crippen LogP contribution in [0.3, 0.4) is 0 Å². The Morgan fingerprint density at radius 1 is 1.17 bits per heavy atom. The molecule has 0 aliphatic carbocycles. The summed E-state index contributed by atoms with van der Waals surface area (Å²) in [7, 11) is 0. The van der Waals surface area contributed by atoms with Gasteiger partial charge in [-0.1, -0.05) is 6.07 Å². The zero-order valence-corrected chi connectivity index (χ0v) is 9.97. The Morgan fingerprint density at radius 3 is 2.67 bits per heavy atom. The van der Waals surface area contributed by atoms with E-state index in [-0.39, 0.29) is 12.4 Å². The van der Waals surface area contributed by atoms with E-state index in [1.165, 1.54) is 6.07 Å². The smallest absolute Gasteiger partial charge is 0.131 e. The van der Waals surface area contributed by atoms with Crippen molar-refractivity contribution in [3.05, 3.63) is 59.7 Å². The number of hydrogen-bond acceptors (Lipinski definition) is 3. The highest BCUT2D eigenvalue weighted by molar-refractivity contribution is 5.34. The van der Waals surface area contributed by atoms with Gasteiger partial charge < -0.3 is 10.5 Å². The third kappa shape index (κ3) is 3.05. The van der Waals surface area contributed by atoms with Gasteiger partial charge in [-0.2, -0.15) is 0 Å². The number of benzene rings is 1. The van der Waals surface area contributed by atoms with E-state index >= 15 is 0 Å². The van der Waals surface area contributed by atoms with E-state index in [0.717, 1.165) is 12.0 Å². The van der Waals surface area contributed by atoms with Crippen LogP contribution < -0.4 is 10.5 Å². The largest absolute Gasteiger partial charge is 0.493 e. The average Bonchev–Trinajstić information content (AvgIpc) is 2.40. The molecule has 1 aromatic carbocycles. The average molecular weight is 246 g/mol. The molecule has 4 heteroatoms. The molecule has 94 valence electrons. The molecule has 0 saturated heterocycles. The van der Waals surface area contributed by atoms with Crippen LogP contribution in [0.4, 0.5) is 4.39 Å². The van der Waals surface area contributed by atoms with Gasteiger partial charge in [0.05, 0.1) is 6.61 Å². The van der Waals surface area contributed by atoms with Crippen molar-refractivity contribution in [2.45, 2.75) is 13.0 Å². The first-order valence-corrected chi connectivity index (χ1v) is 5.80. The van der Waals surface area contributed by atoms with E-state index in [4.69, 9.17) is 10.5 Å². The minimum atomic E-state index is -0.320. The Labute approximate surface area is 105 Å². The fraction of sp³-hybridized carbons (Fsp3) is 0.214. The molecule has 0 amide bonds. The number of ether oxygens (including phenoxy) is 1. The normalized spacial score (nSPS) is 10.3. The molecule has 0 unspecified atom stereocenters. The van der Waals surface area contributed by atoms with Gasteiger partial charge in [0.2, 0.25) is 0 Å². The third-order valence-electron chi connectivity index (χ3n) is 2.68. The van der Waals surface area contributed by atoms with Gasteiger partial charge in [0.25, 0.3) is 0 Å². The molecule has 2 N–H and O–H groups in total. The van der Waals surface area contributed by atoms with Crippen LogP contribution >= 0.6 is 0 Å². The molecule has 0 atom stereocenters. The Balaban J connectivity index is 1.96. The number of nitrogens with zero attached hydrogens (tertiary/aromatic N) is 1. The highest BCUT2D eigenvalue weighted by Crippen LogP contribution is 2.20. The molecular formula is C14H15FN2O. The summed E-state index contributed by atoms with van der Waals surface area (Å²) in [4.78, 5) is 3.94. The molecule has 0 spiro atoms. The number of halogens is 1. The second-order valence-electron chi connectivity index (χ2n) is 3.87. The number of rotatable bonds is 5. The number of nitrogens with two attached hydrogens (primary N) is 1. The minimum Gasteiger partial charge on any atom is -0.493 e. The summed E-state index contributed by atoms with van der Waals surface area (Å²) in [5, 5.41) is 0. The molecule has 3 nitrogen and oxygen atoms in total. The lowest BCUT2D eigenvalue weighted by molar-refractivity contribution is 0.316. The number of pyridine rings is 1. The van der Waals surface area contributed by atoms with Crippen molar-refractivity contribution in [1.82, 2.24) is 4.98 Å². The zero-order chi connectivity index (χ0) is 12.8. The van der Waals surface area contributed by atoms with Gasteiger partial charge in [0.1, 0.15) is 11.6 Å². The van der Waals surface area contributed by atoms with Gasteiger partial charge in [-0.25, -0.2) is 4.39 Å². The molecule has 0 radical (unpaired) electrons. The molecule has 0 saturated carbocycles. The van der Waals surface area contributed by atoms with Gasteiger partial charge in [0, 0.05) is 30.9 Å². The summed E-state index contributed by atoms with van der Waals surface area (Å²) in [6.07, 6.45) is 4.23. The Morgan fingerprint density at radius 2 is 1.94 bits per heavy atom. The van der Waals surface area contributed by atoms with Crippen LogP contribution in [0.5, 0.6) is 5.75 Å². The second kappa shape index (κ2) is 6.12. The first-order chi connectivity index (χ1) is 8.81. The SMILES string of the molecule is NCc1c(F)cccc1OCCc1ccncc1. The molecule has 2 rings (SSSR count). The maximum atomic E-state index is 13.4. The lowest BCUT2D eigenvalue weighted by atomic mass is 10.2. The zero-order valence-electron chi connectivity index (χ0n) is 9.97. The lowest BCUT2D eigenvalue weighted by Gasteiger charge is -2.10. The molecular weight excluding hydrogens is 231 g/mol. The number of aromatic nitrogens is 1. The first-order valence-electron chi connectivity index (χ1n) is 5.80. The minimum absolute atomic E-state index is 0.136. The highest BCUT2D eigenvalue weighted by atomic mass is 19.1. The standard InChI is InChI=1S/C14H15FN2O/c15-13-2-1-3-14(12(13)10-16)18-9-6-11-4-7-17-8-5-11/h1-5,7-8H,6,9-10,16H2. The number of hydrogen-bond donors (Lipinski definition) is 1. The van der Waals surface area contributed by atoms with Crippen LogP contribution in [0.15, 0.2) is 42.7 Å². The third-order valence-corrected chi connectivity index (χ3v) is 2.68. The second-order valence-corrected chi connectivity index (χ2v) is 3.87. The van der Waals surface area contributed by atoms with Crippen LogP contribution in [0.2, 0.25) is 0 Å². The Bertz CT molecular complexity index is 502. The van der Waals surface area contributed by atoms with Gasteiger partial charge in [-0.15, -0.1) is 0 Å². The molecule has 2 aromatic rings. The fourth-order valence-electron chi connectivity index (χ4n) is 1.70. The summed E-state index contributed by atoms with van der Waals surface area (Å²) >= 11 is 0. The maximum Gasteiger partial charge on any atom is 0.131 e. The molecule has 1 heterocycles. The molecule has 1 aromatic heterocycles. The van der Waals surface area contributed by atoms with Crippen molar-refractivity contribution in [2.75, 3.05) is 6.61 Å². The van der Waals surface area contributed by atoms with Crippen LogP contribution in [0.25, 0.3) is 0 Å². The van der Waals surface area contributed by atoms with E-state index < -0.39 is 0 Å². The molecule has 0 fully saturated rings. The molecule has 0 aliphatic rings. The highest BCUT2D eigenvalue weighted by Gasteiger charge is 2.07. The van der Waals surface area contributed by atoms with Crippen molar-refractivity contribution in [3.8, 4) is 5.75 Å². The summed E-state index contributed by atoms with van der Waals surface area (Å²) in [6, 6.07) is 8.60. The fourth-order valence-corrected chi connectivity index (χ4v) is 1.70. The van der Waals surface area contributed by atoms with E-state index in [1.807, 2.05) is 12.1 Å². The topological polar surface area (TPSA) is 48.1 Å². The Kier molecular flexibility index (Phi) is 4.25. The predicted molar refractivity (Wildman–Crippen MR) is 67.7 cm³/mol. The molecule has 18 heavy (non-hydrogen) atoms. The van der Waals surface area contributed by atoms with E-state index in [0.29, 0.717) is 17.9 Å². The first kappa shape index (κ1) is 12.5. The molecule has 0 bridgehead atoms. The van der Waals surface area contributed by atoms with Gasteiger partial charge in [-0.05, 0) is 29.8 Å².